The van der Waals surface area contributed by atoms with Gasteiger partial charge in [0.2, 0.25) is 0 Å². The van der Waals surface area contributed by atoms with Crippen LogP contribution in [0.15, 0.2) is 40.5 Å². The highest BCUT2D eigenvalue weighted by atomic mass is 15.2. The van der Waals surface area contributed by atoms with Crippen molar-refractivity contribution in [2.75, 3.05) is 0 Å². The van der Waals surface area contributed by atoms with Crippen molar-refractivity contribution in [1.82, 2.24) is 0 Å². The fraction of sp³-hybridized carbons (Fsp3) is 0.364. The van der Waals surface area contributed by atoms with E-state index in [2.05, 4.69) is 82.1 Å². The molecule has 1 atom stereocenters. The first-order valence-electron chi connectivity index (χ1n) is 8.73. The molecular weight excluding hydrogens is 292 g/mol. The van der Waals surface area contributed by atoms with Gasteiger partial charge in [0, 0.05) is 22.8 Å². The minimum atomic E-state index is 0.340. The zero-order chi connectivity index (χ0) is 17.4. The van der Waals surface area contributed by atoms with E-state index in [-0.39, 0.29) is 0 Å². The van der Waals surface area contributed by atoms with Crippen LogP contribution in [-0.2, 0) is 0 Å². The molecule has 2 heteroatoms. The Labute approximate surface area is 145 Å². The van der Waals surface area contributed by atoms with Crippen molar-refractivity contribution in [2.24, 2.45) is 10.2 Å². The molecule has 0 amide bonds. The molecule has 0 fully saturated rings. The Kier molecular flexibility index (Phi) is 4.40. The Morgan fingerprint density at radius 2 is 1.46 bits per heavy atom. The molecule has 0 aromatic heterocycles. The monoisotopic (exact) mass is 318 g/mol. The van der Waals surface area contributed by atoms with Gasteiger partial charge in [0.1, 0.15) is 5.71 Å². The minimum absolute atomic E-state index is 0.340. The van der Waals surface area contributed by atoms with Crippen LogP contribution >= 0.6 is 0 Å². The molecule has 0 N–H and O–H groups in total. The number of fused-ring (bicyclic) bond motifs is 1. The van der Waals surface area contributed by atoms with Crippen molar-refractivity contribution >= 4 is 11.4 Å². The maximum Gasteiger partial charge on any atom is 0.100 e. The standard InChI is InChI=1S/C22H26N2/c1-7-19-17(6)23-24-22(18-9-8-13(2)14(3)10-18)21-12-16(5)15(4)11-20(19)21/h8-12,19H,7H2,1-6H3/t19-/m0/s1. The van der Waals surface area contributed by atoms with E-state index < -0.39 is 0 Å². The van der Waals surface area contributed by atoms with E-state index in [1.165, 1.54) is 33.4 Å². The normalized spacial score (nSPS) is 17.0. The van der Waals surface area contributed by atoms with Gasteiger partial charge in [-0.3, -0.25) is 0 Å². The van der Waals surface area contributed by atoms with E-state index in [4.69, 9.17) is 0 Å². The number of benzene rings is 2. The zero-order valence-corrected chi connectivity index (χ0v) is 15.6. The number of aryl methyl sites for hydroxylation is 4. The molecule has 0 bridgehead atoms. The Hall–Kier alpha value is -2.22. The molecule has 124 valence electrons. The van der Waals surface area contributed by atoms with E-state index in [9.17, 15) is 0 Å². The summed E-state index contributed by atoms with van der Waals surface area (Å²) in [5, 5.41) is 9.22. The summed E-state index contributed by atoms with van der Waals surface area (Å²) < 4.78 is 0. The minimum Gasteiger partial charge on any atom is -0.159 e. The van der Waals surface area contributed by atoms with E-state index in [0.29, 0.717) is 5.92 Å². The van der Waals surface area contributed by atoms with Crippen molar-refractivity contribution in [2.45, 2.75) is 53.9 Å². The first-order chi connectivity index (χ1) is 11.4. The number of nitrogens with zero attached hydrogens (tertiary/aromatic N) is 2. The van der Waals surface area contributed by atoms with Crippen LogP contribution < -0.4 is 0 Å². The summed E-state index contributed by atoms with van der Waals surface area (Å²) in [4.78, 5) is 0. The largest absolute Gasteiger partial charge is 0.159 e. The second-order valence-electron chi connectivity index (χ2n) is 6.97. The molecule has 3 rings (SSSR count). The highest BCUT2D eigenvalue weighted by Gasteiger charge is 2.24. The van der Waals surface area contributed by atoms with Crippen molar-refractivity contribution in [3.8, 4) is 0 Å². The van der Waals surface area contributed by atoms with Gasteiger partial charge in [-0.25, -0.2) is 0 Å². The van der Waals surface area contributed by atoms with Gasteiger partial charge in [0.25, 0.3) is 0 Å². The van der Waals surface area contributed by atoms with Gasteiger partial charge in [0.15, 0.2) is 0 Å². The van der Waals surface area contributed by atoms with Crippen molar-refractivity contribution in [3.63, 3.8) is 0 Å². The van der Waals surface area contributed by atoms with Crippen LogP contribution in [0, 0.1) is 27.7 Å². The Morgan fingerprint density at radius 3 is 2.12 bits per heavy atom. The Balaban J connectivity index is 2.27. The van der Waals surface area contributed by atoms with Gasteiger partial charge in [-0.2, -0.15) is 5.10 Å². The van der Waals surface area contributed by atoms with Gasteiger partial charge in [-0.1, -0.05) is 25.1 Å². The lowest BCUT2D eigenvalue weighted by atomic mass is 9.84. The molecule has 0 unspecified atom stereocenters. The SMILES string of the molecule is CC[C@H]1C(C)=NN=C(c2ccc(C)c(C)c2)c2cc(C)c(C)cc21. The Bertz CT molecular complexity index is 857. The van der Waals surface area contributed by atoms with Crippen LogP contribution in [0.1, 0.15) is 65.1 Å². The summed E-state index contributed by atoms with van der Waals surface area (Å²) in [5.41, 5.74) is 11.1. The van der Waals surface area contributed by atoms with Crippen LogP contribution in [0.25, 0.3) is 0 Å². The number of hydrogen-bond donors (Lipinski definition) is 0. The summed E-state index contributed by atoms with van der Waals surface area (Å²) in [6.45, 7) is 13.0. The average Bonchev–Trinajstić information content (AvgIpc) is 2.67. The fourth-order valence-corrected chi connectivity index (χ4v) is 3.43. The highest BCUT2D eigenvalue weighted by molar-refractivity contribution is 6.15. The molecule has 0 saturated carbocycles. The first-order valence-corrected chi connectivity index (χ1v) is 8.73. The topological polar surface area (TPSA) is 24.7 Å². The smallest absolute Gasteiger partial charge is 0.100 e. The molecular formula is C22H26N2. The summed E-state index contributed by atoms with van der Waals surface area (Å²) in [5.74, 6) is 0.340. The van der Waals surface area contributed by atoms with Crippen LogP contribution in [-0.4, -0.2) is 11.4 Å². The molecule has 0 aliphatic carbocycles. The maximum absolute atomic E-state index is 4.66. The third-order valence-electron chi connectivity index (χ3n) is 5.30. The number of rotatable bonds is 2. The third-order valence-corrected chi connectivity index (χ3v) is 5.30. The predicted molar refractivity (Wildman–Crippen MR) is 104 cm³/mol. The highest BCUT2D eigenvalue weighted by Crippen LogP contribution is 2.32. The molecule has 1 heterocycles. The second kappa shape index (κ2) is 6.35. The van der Waals surface area contributed by atoms with Crippen LogP contribution in [0.4, 0.5) is 0 Å². The van der Waals surface area contributed by atoms with E-state index in [1.54, 1.807) is 0 Å². The van der Waals surface area contributed by atoms with Crippen molar-refractivity contribution in [1.29, 1.82) is 0 Å². The number of hydrogen-bond acceptors (Lipinski definition) is 2. The van der Waals surface area contributed by atoms with Gasteiger partial charge in [-0.15, -0.1) is 5.10 Å². The summed E-state index contributed by atoms with van der Waals surface area (Å²) in [7, 11) is 0. The van der Waals surface area contributed by atoms with E-state index in [0.717, 1.165) is 23.4 Å². The third kappa shape index (κ3) is 2.82. The average molecular weight is 318 g/mol. The van der Waals surface area contributed by atoms with Crippen molar-refractivity contribution < 1.29 is 0 Å². The molecule has 0 spiro atoms. The lowest BCUT2D eigenvalue weighted by Gasteiger charge is -2.19. The summed E-state index contributed by atoms with van der Waals surface area (Å²) >= 11 is 0. The van der Waals surface area contributed by atoms with Crippen molar-refractivity contribution in [3.05, 3.63) is 69.3 Å². The second-order valence-corrected chi connectivity index (χ2v) is 6.97. The van der Waals surface area contributed by atoms with Gasteiger partial charge >= 0.3 is 0 Å². The molecule has 2 nitrogen and oxygen atoms in total. The van der Waals surface area contributed by atoms with Crippen LogP contribution in [0.3, 0.4) is 0 Å². The first kappa shape index (κ1) is 16.6. The van der Waals surface area contributed by atoms with Gasteiger partial charge in [-0.05, 0) is 81.0 Å². The molecule has 1 aliphatic rings. The Morgan fingerprint density at radius 1 is 0.792 bits per heavy atom. The molecule has 1 aliphatic heterocycles. The molecule has 0 saturated heterocycles. The maximum atomic E-state index is 4.66. The van der Waals surface area contributed by atoms with Crippen LogP contribution in [0.5, 0.6) is 0 Å². The molecule has 0 radical (unpaired) electrons. The fourth-order valence-electron chi connectivity index (χ4n) is 3.43. The van der Waals surface area contributed by atoms with E-state index in [1.807, 2.05) is 0 Å². The molecule has 24 heavy (non-hydrogen) atoms. The quantitative estimate of drug-likeness (QED) is 0.684. The molecule has 2 aromatic rings. The van der Waals surface area contributed by atoms with E-state index >= 15 is 0 Å². The summed E-state index contributed by atoms with van der Waals surface area (Å²) in [6.07, 6.45) is 1.04. The van der Waals surface area contributed by atoms with Crippen LogP contribution in [0.2, 0.25) is 0 Å². The van der Waals surface area contributed by atoms with Gasteiger partial charge in [0.05, 0.1) is 0 Å². The van der Waals surface area contributed by atoms with Gasteiger partial charge < -0.3 is 0 Å². The summed E-state index contributed by atoms with van der Waals surface area (Å²) in [6, 6.07) is 11.2. The zero-order valence-electron chi connectivity index (χ0n) is 15.6. The predicted octanol–water partition coefficient (Wildman–Crippen LogP) is 5.64. The lowest BCUT2D eigenvalue weighted by molar-refractivity contribution is 0.835. The lowest BCUT2D eigenvalue weighted by Crippen LogP contribution is -2.13. The molecule has 2 aromatic carbocycles.